The highest BCUT2D eigenvalue weighted by Crippen LogP contribution is 2.20. The maximum Gasteiger partial charge on any atom is 0.335 e. The Labute approximate surface area is 143 Å². The van der Waals surface area contributed by atoms with Gasteiger partial charge in [-0.25, -0.2) is 4.79 Å². The van der Waals surface area contributed by atoms with Crippen LogP contribution in [-0.2, 0) is 4.79 Å². The van der Waals surface area contributed by atoms with Crippen molar-refractivity contribution in [3.05, 3.63) is 69.8 Å². The number of aryl methyl sites for hydroxylation is 1. The summed E-state index contributed by atoms with van der Waals surface area (Å²) in [6, 6.07) is 12.7. The molecule has 2 rings (SSSR count). The molecule has 6 heteroatoms. The van der Waals surface area contributed by atoms with Crippen molar-refractivity contribution in [2.45, 2.75) is 6.92 Å². The Morgan fingerprint density at radius 1 is 1.21 bits per heavy atom. The molecule has 24 heavy (non-hydrogen) atoms. The predicted molar refractivity (Wildman–Crippen MR) is 91.8 cm³/mol. The SMILES string of the molecule is Cc1ccc(NC(=O)C(C#N)=Cc2ccc(C(=O)O)cc2)cc1Cl. The molecule has 0 aliphatic rings. The molecular weight excluding hydrogens is 328 g/mol. The second-order valence-electron chi connectivity index (χ2n) is 5.02. The lowest BCUT2D eigenvalue weighted by atomic mass is 10.1. The molecule has 0 atom stereocenters. The van der Waals surface area contributed by atoms with E-state index in [2.05, 4.69) is 5.32 Å². The van der Waals surface area contributed by atoms with Crippen LogP contribution in [0.4, 0.5) is 5.69 Å². The van der Waals surface area contributed by atoms with Gasteiger partial charge in [0.2, 0.25) is 0 Å². The Bertz CT molecular complexity index is 865. The molecule has 2 aromatic carbocycles. The molecule has 0 aliphatic heterocycles. The predicted octanol–water partition coefficient (Wildman–Crippen LogP) is 3.89. The number of aromatic carboxylic acids is 1. The van der Waals surface area contributed by atoms with E-state index >= 15 is 0 Å². The fourth-order valence-electron chi connectivity index (χ4n) is 1.91. The summed E-state index contributed by atoms with van der Waals surface area (Å²) in [4.78, 5) is 23.0. The standard InChI is InChI=1S/C18H13ClN2O3/c1-11-2-7-15(9-16(11)19)21-17(22)14(10-20)8-12-3-5-13(6-4-12)18(23)24/h2-9H,1H3,(H,21,22)(H,23,24). The van der Waals surface area contributed by atoms with E-state index in [0.29, 0.717) is 16.3 Å². The minimum absolute atomic E-state index is 0.102. The summed E-state index contributed by atoms with van der Waals surface area (Å²) in [5.74, 6) is -1.61. The number of nitriles is 1. The summed E-state index contributed by atoms with van der Waals surface area (Å²) in [6.07, 6.45) is 1.39. The van der Waals surface area contributed by atoms with E-state index in [1.165, 1.54) is 30.3 Å². The molecule has 2 N–H and O–H groups in total. The number of carbonyl (C=O) groups is 2. The quantitative estimate of drug-likeness (QED) is 0.652. The second kappa shape index (κ2) is 7.44. The van der Waals surface area contributed by atoms with Crippen LogP contribution in [0.25, 0.3) is 6.08 Å². The van der Waals surface area contributed by atoms with Crippen LogP contribution < -0.4 is 5.32 Å². The van der Waals surface area contributed by atoms with Crippen LogP contribution in [-0.4, -0.2) is 17.0 Å². The first kappa shape index (κ1) is 17.3. The van der Waals surface area contributed by atoms with E-state index in [-0.39, 0.29) is 11.1 Å². The summed E-state index contributed by atoms with van der Waals surface area (Å²) in [5.41, 5.74) is 1.94. The third kappa shape index (κ3) is 4.22. The highest BCUT2D eigenvalue weighted by atomic mass is 35.5. The van der Waals surface area contributed by atoms with Gasteiger partial charge in [-0.05, 0) is 48.4 Å². The maximum atomic E-state index is 12.2. The highest BCUT2D eigenvalue weighted by molar-refractivity contribution is 6.31. The first-order chi connectivity index (χ1) is 11.4. The zero-order valence-corrected chi connectivity index (χ0v) is 13.5. The van der Waals surface area contributed by atoms with Crippen molar-refractivity contribution < 1.29 is 14.7 Å². The summed E-state index contributed by atoms with van der Waals surface area (Å²) >= 11 is 6.00. The summed E-state index contributed by atoms with van der Waals surface area (Å²) in [6.45, 7) is 1.84. The molecule has 1 amide bonds. The topological polar surface area (TPSA) is 90.2 Å². The summed E-state index contributed by atoms with van der Waals surface area (Å²) in [5, 5.41) is 21.1. The fourth-order valence-corrected chi connectivity index (χ4v) is 2.09. The first-order valence-corrected chi connectivity index (χ1v) is 7.31. The van der Waals surface area contributed by atoms with Crippen molar-refractivity contribution >= 4 is 35.2 Å². The minimum Gasteiger partial charge on any atom is -0.478 e. The monoisotopic (exact) mass is 340 g/mol. The number of carboxylic acid groups (broad SMARTS) is 1. The third-order valence-electron chi connectivity index (χ3n) is 3.26. The van der Waals surface area contributed by atoms with E-state index in [1.807, 2.05) is 13.0 Å². The number of benzene rings is 2. The number of halogens is 1. The third-order valence-corrected chi connectivity index (χ3v) is 3.67. The fraction of sp³-hybridized carbons (Fsp3) is 0.0556. The normalized spacial score (nSPS) is 10.8. The molecule has 0 fully saturated rings. The van der Waals surface area contributed by atoms with Crippen LogP contribution in [0.1, 0.15) is 21.5 Å². The summed E-state index contributed by atoms with van der Waals surface area (Å²) in [7, 11) is 0. The Balaban J connectivity index is 2.20. The van der Waals surface area contributed by atoms with E-state index in [9.17, 15) is 14.9 Å². The van der Waals surface area contributed by atoms with Crippen molar-refractivity contribution in [3.63, 3.8) is 0 Å². The number of nitrogens with zero attached hydrogens (tertiary/aromatic N) is 1. The average Bonchev–Trinajstić information content (AvgIpc) is 2.56. The summed E-state index contributed by atoms with van der Waals surface area (Å²) < 4.78 is 0. The Kier molecular flexibility index (Phi) is 5.35. The van der Waals surface area contributed by atoms with Crippen molar-refractivity contribution in [2.24, 2.45) is 0 Å². The second-order valence-corrected chi connectivity index (χ2v) is 5.42. The van der Waals surface area contributed by atoms with Gasteiger partial charge >= 0.3 is 5.97 Å². The number of rotatable bonds is 4. The van der Waals surface area contributed by atoms with Crippen LogP contribution in [0.3, 0.4) is 0 Å². The van der Waals surface area contributed by atoms with Crippen molar-refractivity contribution in [3.8, 4) is 6.07 Å². The number of nitrogens with one attached hydrogen (secondary N) is 1. The molecule has 0 saturated carbocycles. The Morgan fingerprint density at radius 3 is 2.42 bits per heavy atom. The Morgan fingerprint density at radius 2 is 1.88 bits per heavy atom. The van der Waals surface area contributed by atoms with E-state index in [1.54, 1.807) is 18.2 Å². The van der Waals surface area contributed by atoms with Gasteiger partial charge in [0.25, 0.3) is 5.91 Å². The van der Waals surface area contributed by atoms with Gasteiger partial charge in [-0.1, -0.05) is 29.8 Å². The van der Waals surface area contributed by atoms with Crippen LogP contribution in [0.15, 0.2) is 48.0 Å². The van der Waals surface area contributed by atoms with Gasteiger partial charge in [0.05, 0.1) is 5.56 Å². The lowest BCUT2D eigenvalue weighted by Gasteiger charge is -2.06. The van der Waals surface area contributed by atoms with Crippen molar-refractivity contribution in [1.82, 2.24) is 0 Å². The van der Waals surface area contributed by atoms with Gasteiger partial charge in [0.1, 0.15) is 11.6 Å². The van der Waals surface area contributed by atoms with Crippen molar-refractivity contribution in [2.75, 3.05) is 5.32 Å². The molecule has 0 saturated heterocycles. The average molecular weight is 341 g/mol. The van der Waals surface area contributed by atoms with Gasteiger partial charge in [-0.3, -0.25) is 4.79 Å². The maximum absolute atomic E-state index is 12.2. The van der Waals surface area contributed by atoms with Crippen molar-refractivity contribution in [1.29, 1.82) is 5.26 Å². The van der Waals surface area contributed by atoms with E-state index in [4.69, 9.17) is 16.7 Å². The van der Waals surface area contributed by atoms with Crippen LogP contribution >= 0.6 is 11.6 Å². The van der Waals surface area contributed by atoms with Gasteiger partial charge in [-0.15, -0.1) is 0 Å². The Hall–Kier alpha value is -3.10. The number of amides is 1. The molecule has 0 heterocycles. The molecule has 0 bridgehead atoms. The zero-order chi connectivity index (χ0) is 17.7. The number of carbonyl (C=O) groups excluding carboxylic acids is 1. The number of hydrogen-bond donors (Lipinski definition) is 2. The van der Waals surface area contributed by atoms with Gasteiger partial charge in [0.15, 0.2) is 0 Å². The number of hydrogen-bond acceptors (Lipinski definition) is 3. The first-order valence-electron chi connectivity index (χ1n) is 6.93. The highest BCUT2D eigenvalue weighted by Gasteiger charge is 2.10. The molecule has 120 valence electrons. The van der Waals surface area contributed by atoms with Crippen LogP contribution in [0, 0.1) is 18.3 Å². The lowest BCUT2D eigenvalue weighted by molar-refractivity contribution is -0.112. The molecular formula is C18H13ClN2O3. The smallest absolute Gasteiger partial charge is 0.335 e. The molecule has 0 aromatic heterocycles. The number of carboxylic acids is 1. The van der Waals surface area contributed by atoms with E-state index in [0.717, 1.165) is 5.56 Å². The largest absolute Gasteiger partial charge is 0.478 e. The van der Waals surface area contributed by atoms with Crippen LogP contribution in [0.2, 0.25) is 5.02 Å². The zero-order valence-electron chi connectivity index (χ0n) is 12.7. The van der Waals surface area contributed by atoms with E-state index < -0.39 is 11.9 Å². The minimum atomic E-state index is -1.04. The lowest BCUT2D eigenvalue weighted by Crippen LogP contribution is -2.13. The van der Waals surface area contributed by atoms with Gasteiger partial charge < -0.3 is 10.4 Å². The van der Waals surface area contributed by atoms with Gasteiger partial charge in [0, 0.05) is 10.7 Å². The molecule has 0 spiro atoms. The molecule has 2 aromatic rings. The van der Waals surface area contributed by atoms with Crippen LogP contribution in [0.5, 0.6) is 0 Å². The molecule has 0 aliphatic carbocycles. The number of anilines is 1. The molecule has 0 radical (unpaired) electrons. The molecule has 0 unspecified atom stereocenters. The van der Waals surface area contributed by atoms with Gasteiger partial charge in [-0.2, -0.15) is 5.26 Å². The molecule has 5 nitrogen and oxygen atoms in total.